The van der Waals surface area contributed by atoms with E-state index in [4.69, 9.17) is 14.5 Å². The van der Waals surface area contributed by atoms with Gasteiger partial charge in [0.25, 0.3) is 5.91 Å². The molecule has 0 atom stereocenters. The van der Waals surface area contributed by atoms with Gasteiger partial charge in [-0.25, -0.2) is 4.98 Å². The van der Waals surface area contributed by atoms with E-state index in [1.807, 2.05) is 31.2 Å². The van der Waals surface area contributed by atoms with E-state index in [9.17, 15) is 4.79 Å². The van der Waals surface area contributed by atoms with Gasteiger partial charge in [-0.05, 0) is 42.7 Å². The zero-order valence-electron chi connectivity index (χ0n) is 18.7. The van der Waals surface area contributed by atoms with Crippen LogP contribution in [0.5, 0.6) is 11.5 Å². The summed E-state index contributed by atoms with van der Waals surface area (Å²) in [4.78, 5) is 18.4. The van der Waals surface area contributed by atoms with Crippen LogP contribution in [0.15, 0.2) is 66.7 Å². The molecule has 5 heteroatoms. The maximum absolute atomic E-state index is 13.5. The smallest absolute Gasteiger partial charge is 0.256 e. The van der Waals surface area contributed by atoms with Crippen LogP contribution in [0, 0.1) is 6.92 Å². The number of nitrogens with zero attached hydrogens (tertiary/aromatic N) is 1. The van der Waals surface area contributed by atoms with E-state index in [2.05, 4.69) is 36.5 Å². The van der Waals surface area contributed by atoms with Crippen molar-refractivity contribution in [3.8, 4) is 22.8 Å². The minimum Gasteiger partial charge on any atom is -0.493 e. The fraction of sp³-hybridized carbons (Fsp3) is 0.185. The molecule has 0 aliphatic rings. The van der Waals surface area contributed by atoms with Gasteiger partial charge in [0.1, 0.15) is 0 Å². The number of para-hydroxylation sites is 1. The molecule has 0 saturated heterocycles. The molecule has 1 aromatic heterocycles. The highest BCUT2D eigenvalue weighted by Gasteiger charge is 2.19. The molecule has 0 unspecified atom stereocenters. The van der Waals surface area contributed by atoms with Crippen molar-refractivity contribution in [2.24, 2.45) is 0 Å². The number of amides is 1. The van der Waals surface area contributed by atoms with Crippen LogP contribution in [-0.4, -0.2) is 25.1 Å². The van der Waals surface area contributed by atoms with Gasteiger partial charge in [-0.3, -0.25) is 4.79 Å². The van der Waals surface area contributed by atoms with Gasteiger partial charge in [0.05, 0.1) is 31.0 Å². The zero-order valence-corrected chi connectivity index (χ0v) is 18.7. The summed E-state index contributed by atoms with van der Waals surface area (Å²) in [5, 5.41) is 3.83. The number of rotatable bonds is 6. The van der Waals surface area contributed by atoms with Crippen molar-refractivity contribution in [1.82, 2.24) is 4.98 Å². The quantitative estimate of drug-likeness (QED) is 0.408. The zero-order chi connectivity index (χ0) is 22.7. The monoisotopic (exact) mass is 426 g/mol. The number of hydrogen-bond donors (Lipinski definition) is 1. The highest BCUT2D eigenvalue weighted by Crippen LogP contribution is 2.32. The maximum atomic E-state index is 13.5. The molecule has 1 heterocycles. The molecule has 4 aromatic rings. The van der Waals surface area contributed by atoms with Crippen molar-refractivity contribution in [1.29, 1.82) is 0 Å². The van der Waals surface area contributed by atoms with Gasteiger partial charge in [-0.2, -0.15) is 0 Å². The molecule has 0 bridgehead atoms. The molecule has 0 saturated carbocycles. The first kappa shape index (κ1) is 21.4. The molecule has 0 aliphatic carbocycles. The van der Waals surface area contributed by atoms with E-state index in [1.165, 1.54) is 5.56 Å². The number of benzene rings is 3. The van der Waals surface area contributed by atoms with Crippen LogP contribution in [0.25, 0.3) is 22.2 Å². The maximum Gasteiger partial charge on any atom is 0.256 e. The molecule has 32 heavy (non-hydrogen) atoms. The fourth-order valence-corrected chi connectivity index (χ4v) is 3.89. The predicted octanol–water partition coefficient (Wildman–Crippen LogP) is 6.04. The Morgan fingerprint density at radius 1 is 0.938 bits per heavy atom. The average Bonchev–Trinajstić information content (AvgIpc) is 2.83. The molecular weight excluding hydrogens is 400 g/mol. The van der Waals surface area contributed by atoms with Crippen molar-refractivity contribution < 1.29 is 14.3 Å². The normalized spacial score (nSPS) is 10.8. The van der Waals surface area contributed by atoms with E-state index < -0.39 is 0 Å². The second-order valence-electron chi connectivity index (χ2n) is 7.55. The standard InChI is InChI=1S/C27H26N2O3/c1-5-18-10-12-19(13-11-18)26-17(2)25(21-8-6-7-9-22(21)29-26)27(30)28-20-14-15-23(31-3)24(16-20)32-4/h6-16H,5H2,1-4H3,(H,28,30). The van der Waals surface area contributed by atoms with Crippen LogP contribution in [0.3, 0.4) is 0 Å². The molecular formula is C27H26N2O3. The topological polar surface area (TPSA) is 60.5 Å². The molecule has 0 aliphatic heterocycles. The SMILES string of the molecule is CCc1ccc(-c2nc3ccccc3c(C(=O)Nc3ccc(OC)c(OC)c3)c2C)cc1. The molecule has 0 spiro atoms. The summed E-state index contributed by atoms with van der Waals surface area (Å²) >= 11 is 0. The third-order valence-corrected chi connectivity index (χ3v) is 5.64. The van der Waals surface area contributed by atoms with E-state index in [1.54, 1.807) is 32.4 Å². The first-order chi connectivity index (χ1) is 15.5. The van der Waals surface area contributed by atoms with Crippen LogP contribution in [0.1, 0.15) is 28.4 Å². The first-order valence-electron chi connectivity index (χ1n) is 10.6. The summed E-state index contributed by atoms with van der Waals surface area (Å²) in [6.07, 6.45) is 0.976. The van der Waals surface area contributed by atoms with Gasteiger partial charge in [0.2, 0.25) is 0 Å². The predicted molar refractivity (Wildman–Crippen MR) is 129 cm³/mol. The van der Waals surface area contributed by atoms with E-state index in [-0.39, 0.29) is 5.91 Å². The van der Waals surface area contributed by atoms with E-state index in [0.717, 1.165) is 34.1 Å². The Morgan fingerprint density at radius 3 is 2.34 bits per heavy atom. The number of hydrogen-bond acceptors (Lipinski definition) is 4. The summed E-state index contributed by atoms with van der Waals surface area (Å²) in [7, 11) is 3.15. The number of pyridine rings is 1. The Hall–Kier alpha value is -3.86. The third-order valence-electron chi connectivity index (χ3n) is 5.64. The lowest BCUT2D eigenvalue weighted by atomic mass is 9.96. The van der Waals surface area contributed by atoms with Gasteiger partial charge in [0, 0.05) is 22.7 Å². The largest absolute Gasteiger partial charge is 0.493 e. The van der Waals surface area contributed by atoms with E-state index >= 15 is 0 Å². The lowest BCUT2D eigenvalue weighted by Crippen LogP contribution is -2.15. The Balaban J connectivity index is 1.80. The number of carbonyl (C=O) groups excluding carboxylic acids is 1. The Kier molecular flexibility index (Phi) is 6.08. The second kappa shape index (κ2) is 9.10. The second-order valence-corrected chi connectivity index (χ2v) is 7.55. The van der Waals surface area contributed by atoms with Gasteiger partial charge in [-0.15, -0.1) is 0 Å². The molecule has 1 N–H and O–H groups in total. The molecule has 5 nitrogen and oxygen atoms in total. The average molecular weight is 427 g/mol. The number of methoxy groups -OCH3 is 2. The Morgan fingerprint density at radius 2 is 1.66 bits per heavy atom. The molecule has 0 fully saturated rings. The van der Waals surface area contributed by atoms with Crippen molar-refractivity contribution in [2.75, 3.05) is 19.5 Å². The highest BCUT2D eigenvalue weighted by atomic mass is 16.5. The highest BCUT2D eigenvalue weighted by molar-refractivity contribution is 6.14. The summed E-state index contributed by atoms with van der Waals surface area (Å²) in [6.45, 7) is 4.08. The number of ether oxygens (including phenoxy) is 2. The van der Waals surface area contributed by atoms with Gasteiger partial charge in [-0.1, -0.05) is 49.4 Å². The van der Waals surface area contributed by atoms with Gasteiger partial charge in [0.15, 0.2) is 11.5 Å². The molecule has 0 radical (unpaired) electrons. The lowest BCUT2D eigenvalue weighted by Gasteiger charge is -2.16. The van der Waals surface area contributed by atoms with Crippen molar-refractivity contribution in [3.05, 3.63) is 83.4 Å². The number of carbonyl (C=O) groups is 1. The fourth-order valence-electron chi connectivity index (χ4n) is 3.89. The number of nitrogens with one attached hydrogen (secondary N) is 1. The van der Waals surface area contributed by atoms with Crippen LogP contribution in [-0.2, 0) is 6.42 Å². The minimum absolute atomic E-state index is 0.195. The Labute approximate surface area is 188 Å². The summed E-state index contributed by atoms with van der Waals surface area (Å²) < 4.78 is 10.7. The third kappa shape index (κ3) is 4.02. The van der Waals surface area contributed by atoms with Gasteiger partial charge < -0.3 is 14.8 Å². The van der Waals surface area contributed by atoms with E-state index in [0.29, 0.717) is 22.7 Å². The summed E-state index contributed by atoms with van der Waals surface area (Å²) in [5.41, 5.74) is 5.92. The van der Waals surface area contributed by atoms with Crippen molar-refractivity contribution >= 4 is 22.5 Å². The van der Waals surface area contributed by atoms with Crippen LogP contribution in [0.2, 0.25) is 0 Å². The summed E-state index contributed by atoms with van der Waals surface area (Å²) in [6, 6.07) is 21.4. The molecule has 162 valence electrons. The molecule has 3 aromatic carbocycles. The number of aryl methyl sites for hydroxylation is 1. The minimum atomic E-state index is -0.195. The first-order valence-corrected chi connectivity index (χ1v) is 10.6. The van der Waals surface area contributed by atoms with Crippen molar-refractivity contribution in [3.63, 3.8) is 0 Å². The van der Waals surface area contributed by atoms with Gasteiger partial charge >= 0.3 is 0 Å². The van der Waals surface area contributed by atoms with Crippen LogP contribution in [0.4, 0.5) is 5.69 Å². The summed E-state index contributed by atoms with van der Waals surface area (Å²) in [5.74, 6) is 0.965. The number of fused-ring (bicyclic) bond motifs is 1. The van der Waals surface area contributed by atoms with Crippen LogP contribution >= 0.6 is 0 Å². The Bertz CT molecular complexity index is 1280. The number of aromatic nitrogens is 1. The lowest BCUT2D eigenvalue weighted by molar-refractivity contribution is 0.102. The molecule has 1 amide bonds. The van der Waals surface area contributed by atoms with Crippen molar-refractivity contribution in [2.45, 2.75) is 20.3 Å². The molecule has 4 rings (SSSR count). The van der Waals surface area contributed by atoms with Crippen LogP contribution < -0.4 is 14.8 Å². The number of anilines is 1.